The number of carbonyl (C=O) groups excluding carboxylic acids is 1. The molecule has 32 heavy (non-hydrogen) atoms. The van der Waals surface area contributed by atoms with Gasteiger partial charge < -0.3 is 10.6 Å². The summed E-state index contributed by atoms with van der Waals surface area (Å²) in [6, 6.07) is 22.9. The molecule has 0 aliphatic rings. The molecule has 1 heterocycles. The Kier molecular flexibility index (Phi) is 6.22. The fraction of sp³-hybridized carbons (Fsp3) is 0.115. The molecule has 1 aromatic heterocycles. The van der Waals surface area contributed by atoms with Crippen LogP contribution in [0, 0.1) is 5.82 Å². The van der Waals surface area contributed by atoms with Crippen molar-refractivity contribution in [2.24, 2.45) is 0 Å². The van der Waals surface area contributed by atoms with Gasteiger partial charge in [0, 0.05) is 28.6 Å². The fourth-order valence-electron chi connectivity index (χ4n) is 3.21. The van der Waals surface area contributed by atoms with Crippen LogP contribution in [0.1, 0.15) is 35.7 Å². The molecule has 0 aliphatic carbocycles. The van der Waals surface area contributed by atoms with Gasteiger partial charge in [0.2, 0.25) is 0 Å². The molecule has 0 spiro atoms. The van der Waals surface area contributed by atoms with Gasteiger partial charge in [0.05, 0.1) is 5.69 Å². The molecule has 4 rings (SSSR count). The highest BCUT2D eigenvalue weighted by Gasteiger charge is 2.08. The van der Waals surface area contributed by atoms with E-state index in [2.05, 4.69) is 34.4 Å². The van der Waals surface area contributed by atoms with E-state index in [-0.39, 0.29) is 11.7 Å². The number of amides is 1. The Morgan fingerprint density at radius 3 is 2.16 bits per heavy atom. The third-order valence-electron chi connectivity index (χ3n) is 5.06. The number of anilines is 3. The lowest BCUT2D eigenvalue weighted by Crippen LogP contribution is -2.11. The molecule has 3 aromatic carbocycles. The Balaban J connectivity index is 1.42. The molecule has 160 valence electrons. The van der Waals surface area contributed by atoms with Gasteiger partial charge in [-0.1, -0.05) is 26.0 Å². The SMILES string of the molecule is CC(C)c1ccc(NC(=O)c2ccc(Nc3cc(-c4ccc(F)cc4)ncn3)cc2)cc1. The number of halogens is 1. The first-order valence-corrected chi connectivity index (χ1v) is 10.3. The molecule has 5 nitrogen and oxygen atoms in total. The molecule has 2 N–H and O–H groups in total. The number of benzene rings is 3. The first kappa shape index (κ1) is 21.2. The average molecular weight is 426 g/mol. The second-order valence-electron chi connectivity index (χ2n) is 7.73. The van der Waals surface area contributed by atoms with Gasteiger partial charge in [0.25, 0.3) is 5.91 Å². The van der Waals surface area contributed by atoms with Crippen molar-refractivity contribution in [3.63, 3.8) is 0 Å². The Morgan fingerprint density at radius 2 is 1.50 bits per heavy atom. The van der Waals surface area contributed by atoms with Crippen LogP contribution < -0.4 is 10.6 Å². The maximum atomic E-state index is 13.2. The highest BCUT2D eigenvalue weighted by atomic mass is 19.1. The van der Waals surface area contributed by atoms with E-state index in [4.69, 9.17) is 0 Å². The lowest BCUT2D eigenvalue weighted by Gasteiger charge is -2.10. The third-order valence-corrected chi connectivity index (χ3v) is 5.06. The van der Waals surface area contributed by atoms with Crippen LogP contribution in [0.4, 0.5) is 21.6 Å². The van der Waals surface area contributed by atoms with Crippen molar-refractivity contribution in [2.75, 3.05) is 10.6 Å². The van der Waals surface area contributed by atoms with Crippen LogP contribution in [0.2, 0.25) is 0 Å². The number of carbonyl (C=O) groups is 1. The lowest BCUT2D eigenvalue weighted by molar-refractivity contribution is 0.102. The molecular weight excluding hydrogens is 403 g/mol. The quantitative estimate of drug-likeness (QED) is 0.374. The van der Waals surface area contributed by atoms with E-state index in [1.165, 1.54) is 24.0 Å². The zero-order valence-electron chi connectivity index (χ0n) is 17.8. The van der Waals surface area contributed by atoms with Crippen LogP contribution in [-0.2, 0) is 0 Å². The zero-order valence-corrected chi connectivity index (χ0v) is 17.8. The summed E-state index contributed by atoms with van der Waals surface area (Å²) < 4.78 is 13.2. The Bertz CT molecular complexity index is 1200. The summed E-state index contributed by atoms with van der Waals surface area (Å²) in [5, 5.41) is 6.12. The molecule has 0 saturated heterocycles. The first-order valence-electron chi connectivity index (χ1n) is 10.3. The van der Waals surface area contributed by atoms with Gasteiger partial charge in [-0.3, -0.25) is 4.79 Å². The minimum atomic E-state index is -0.294. The summed E-state index contributed by atoms with van der Waals surface area (Å²) in [6.45, 7) is 4.27. The summed E-state index contributed by atoms with van der Waals surface area (Å²) in [6.07, 6.45) is 1.45. The molecule has 1 amide bonds. The van der Waals surface area contributed by atoms with Crippen molar-refractivity contribution in [1.29, 1.82) is 0 Å². The van der Waals surface area contributed by atoms with Crippen molar-refractivity contribution < 1.29 is 9.18 Å². The zero-order chi connectivity index (χ0) is 22.5. The molecular formula is C26H23FN4O. The van der Waals surface area contributed by atoms with Crippen molar-refractivity contribution in [3.05, 3.63) is 102 Å². The van der Waals surface area contributed by atoms with E-state index in [0.29, 0.717) is 23.0 Å². The number of hydrogen-bond acceptors (Lipinski definition) is 4. The molecule has 0 atom stereocenters. The smallest absolute Gasteiger partial charge is 0.255 e. The Hall–Kier alpha value is -4.06. The van der Waals surface area contributed by atoms with E-state index < -0.39 is 0 Å². The minimum Gasteiger partial charge on any atom is -0.340 e. The highest BCUT2D eigenvalue weighted by Crippen LogP contribution is 2.22. The molecule has 0 bridgehead atoms. The van der Waals surface area contributed by atoms with Gasteiger partial charge in [-0.2, -0.15) is 0 Å². The Morgan fingerprint density at radius 1 is 0.844 bits per heavy atom. The monoisotopic (exact) mass is 426 g/mol. The van der Waals surface area contributed by atoms with E-state index >= 15 is 0 Å². The summed E-state index contributed by atoms with van der Waals surface area (Å²) in [7, 11) is 0. The van der Waals surface area contributed by atoms with Crippen LogP contribution in [0.5, 0.6) is 0 Å². The number of hydrogen-bond donors (Lipinski definition) is 2. The second-order valence-corrected chi connectivity index (χ2v) is 7.73. The van der Waals surface area contributed by atoms with Gasteiger partial charge in [-0.25, -0.2) is 14.4 Å². The summed E-state index contributed by atoms with van der Waals surface area (Å²) >= 11 is 0. The first-order chi connectivity index (χ1) is 15.5. The fourth-order valence-corrected chi connectivity index (χ4v) is 3.21. The van der Waals surface area contributed by atoms with Crippen molar-refractivity contribution >= 4 is 23.1 Å². The lowest BCUT2D eigenvalue weighted by atomic mass is 10.0. The van der Waals surface area contributed by atoms with Crippen molar-refractivity contribution in [2.45, 2.75) is 19.8 Å². The molecule has 6 heteroatoms. The number of nitrogens with one attached hydrogen (secondary N) is 2. The predicted molar refractivity (Wildman–Crippen MR) is 126 cm³/mol. The number of rotatable bonds is 6. The molecule has 0 aliphatic heterocycles. The molecule has 0 saturated carbocycles. The van der Waals surface area contributed by atoms with Crippen LogP contribution in [-0.4, -0.2) is 15.9 Å². The number of aromatic nitrogens is 2. The molecule has 4 aromatic rings. The second kappa shape index (κ2) is 9.39. The largest absolute Gasteiger partial charge is 0.340 e. The standard InChI is InChI=1S/C26H23FN4O/c1-17(2)18-5-11-23(12-6-18)31-26(32)20-7-13-22(14-8-20)30-25-15-24(28-16-29-25)19-3-9-21(27)10-4-19/h3-17H,1-2H3,(H,31,32)(H,28,29,30). The third kappa shape index (κ3) is 5.16. The predicted octanol–water partition coefficient (Wildman–Crippen LogP) is 6.40. The average Bonchev–Trinajstić information content (AvgIpc) is 2.80. The molecule has 0 fully saturated rings. The molecule has 0 radical (unpaired) electrons. The van der Waals surface area contributed by atoms with Gasteiger partial charge in [0.15, 0.2) is 0 Å². The van der Waals surface area contributed by atoms with E-state index in [0.717, 1.165) is 16.9 Å². The van der Waals surface area contributed by atoms with E-state index in [9.17, 15) is 9.18 Å². The summed E-state index contributed by atoms with van der Waals surface area (Å²) in [5.41, 5.74) is 4.80. The van der Waals surface area contributed by atoms with Crippen LogP contribution in [0.25, 0.3) is 11.3 Å². The summed E-state index contributed by atoms with van der Waals surface area (Å²) in [4.78, 5) is 21.0. The molecule has 0 unspecified atom stereocenters. The van der Waals surface area contributed by atoms with Crippen LogP contribution in [0.15, 0.2) is 85.2 Å². The van der Waals surface area contributed by atoms with Crippen LogP contribution >= 0.6 is 0 Å². The highest BCUT2D eigenvalue weighted by molar-refractivity contribution is 6.04. The van der Waals surface area contributed by atoms with Crippen molar-refractivity contribution in [3.8, 4) is 11.3 Å². The van der Waals surface area contributed by atoms with E-state index in [1.807, 2.05) is 36.4 Å². The van der Waals surface area contributed by atoms with Gasteiger partial charge in [0.1, 0.15) is 18.0 Å². The van der Waals surface area contributed by atoms with Gasteiger partial charge in [-0.15, -0.1) is 0 Å². The Labute approximate surface area is 186 Å². The van der Waals surface area contributed by atoms with Crippen LogP contribution in [0.3, 0.4) is 0 Å². The maximum Gasteiger partial charge on any atom is 0.255 e. The normalized spacial score (nSPS) is 10.8. The maximum absolute atomic E-state index is 13.2. The van der Waals surface area contributed by atoms with Gasteiger partial charge in [-0.05, 0) is 72.1 Å². The van der Waals surface area contributed by atoms with Gasteiger partial charge >= 0.3 is 0 Å². The summed E-state index contributed by atoms with van der Waals surface area (Å²) in [5.74, 6) is 0.579. The number of nitrogens with zero attached hydrogens (tertiary/aromatic N) is 2. The topological polar surface area (TPSA) is 66.9 Å². The minimum absolute atomic E-state index is 0.172. The van der Waals surface area contributed by atoms with E-state index in [1.54, 1.807) is 30.3 Å². The van der Waals surface area contributed by atoms with Crippen molar-refractivity contribution in [1.82, 2.24) is 9.97 Å².